The molecule has 0 bridgehead atoms. The lowest BCUT2D eigenvalue weighted by atomic mass is 10.6. The fraction of sp³-hybridized carbons (Fsp3) is 0.714. The van der Waals surface area contributed by atoms with E-state index in [1.54, 1.807) is 0 Å². The molecule has 0 aromatic carbocycles. The lowest BCUT2D eigenvalue weighted by Gasteiger charge is -2.07. The second kappa shape index (κ2) is 8.14. The van der Waals surface area contributed by atoms with Gasteiger partial charge in [-0.15, -0.1) is 5.10 Å². The highest BCUT2D eigenvalue weighted by Gasteiger charge is 1.87. The minimum atomic E-state index is 0.861. The minimum Gasteiger partial charge on any atom is -0.365 e. The summed E-state index contributed by atoms with van der Waals surface area (Å²) in [5.74, 6) is 0.861. The first-order valence-electron chi connectivity index (χ1n) is 3.36. The van der Waals surface area contributed by atoms with Crippen LogP contribution in [0, 0.1) is 0 Å². The molecule has 0 N–H and O–H groups in total. The Morgan fingerprint density at radius 3 is 1.80 bits per heavy atom. The van der Waals surface area contributed by atoms with E-state index < -0.39 is 0 Å². The second-order valence-corrected chi connectivity index (χ2v) is 1.68. The summed E-state index contributed by atoms with van der Waals surface area (Å²) >= 11 is 0. The molecule has 0 spiro atoms. The number of amidine groups is 1. The van der Waals surface area contributed by atoms with E-state index in [0.29, 0.717) is 0 Å². The lowest BCUT2D eigenvalue weighted by molar-refractivity contribution is 0.615. The Labute approximate surface area is 63.5 Å². The Morgan fingerprint density at radius 2 is 1.70 bits per heavy atom. The van der Waals surface area contributed by atoms with Crippen molar-refractivity contribution in [3.05, 3.63) is 0 Å². The first-order chi connectivity index (χ1) is 4.68. The zero-order valence-corrected chi connectivity index (χ0v) is 7.55. The maximum absolute atomic E-state index is 3.68. The molecular formula is C7H17N3. The van der Waals surface area contributed by atoms with E-state index in [1.165, 1.54) is 0 Å². The summed E-state index contributed by atoms with van der Waals surface area (Å²) < 4.78 is 0. The summed E-state index contributed by atoms with van der Waals surface area (Å²) in [5.41, 5.74) is 0. The van der Waals surface area contributed by atoms with Gasteiger partial charge in [0.15, 0.2) is 0 Å². The van der Waals surface area contributed by atoms with E-state index in [4.69, 9.17) is 0 Å². The van der Waals surface area contributed by atoms with Gasteiger partial charge in [-0.25, -0.2) is 0 Å². The van der Waals surface area contributed by atoms with Crippen molar-refractivity contribution in [1.82, 2.24) is 4.90 Å². The molecule has 3 heteroatoms. The van der Waals surface area contributed by atoms with E-state index in [-0.39, 0.29) is 0 Å². The van der Waals surface area contributed by atoms with Crippen LogP contribution < -0.4 is 0 Å². The van der Waals surface area contributed by atoms with Crippen LogP contribution in [0.15, 0.2) is 10.2 Å². The van der Waals surface area contributed by atoms with Gasteiger partial charge in [0.1, 0.15) is 5.84 Å². The lowest BCUT2D eigenvalue weighted by Crippen LogP contribution is -2.17. The summed E-state index contributed by atoms with van der Waals surface area (Å²) in [6.07, 6.45) is 0. The third-order valence-corrected chi connectivity index (χ3v) is 0.863. The molecule has 0 rings (SSSR count). The predicted molar refractivity (Wildman–Crippen MR) is 47.7 cm³/mol. The van der Waals surface area contributed by atoms with E-state index in [9.17, 15) is 0 Å². The first-order valence-corrected chi connectivity index (χ1v) is 3.36. The van der Waals surface area contributed by atoms with E-state index in [2.05, 4.69) is 16.9 Å². The van der Waals surface area contributed by atoms with Crippen LogP contribution in [0.25, 0.3) is 0 Å². The van der Waals surface area contributed by atoms with Gasteiger partial charge in [0.25, 0.3) is 0 Å². The van der Waals surface area contributed by atoms with Gasteiger partial charge in [0.05, 0.1) is 0 Å². The molecule has 0 radical (unpaired) electrons. The highest BCUT2D eigenvalue weighted by molar-refractivity contribution is 5.79. The van der Waals surface area contributed by atoms with Gasteiger partial charge in [-0.2, -0.15) is 5.10 Å². The van der Waals surface area contributed by atoms with Crippen LogP contribution >= 0.6 is 0 Å². The molecule has 0 aliphatic rings. The molecule has 0 aromatic rings. The van der Waals surface area contributed by atoms with Gasteiger partial charge in [-0.3, -0.25) is 0 Å². The summed E-state index contributed by atoms with van der Waals surface area (Å²) in [5, 5.41) is 7.03. The smallest absolute Gasteiger partial charge is 0.123 e. The zero-order chi connectivity index (χ0) is 8.57. The van der Waals surface area contributed by atoms with Crippen LogP contribution in [-0.2, 0) is 0 Å². The monoisotopic (exact) mass is 143 g/mol. The summed E-state index contributed by atoms with van der Waals surface area (Å²) in [4.78, 5) is 1.87. The Kier molecular flexibility index (Phi) is 9.67. The largest absolute Gasteiger partial charge is 0.365 e. The minimum absolute atomic E-state index is 0.861. The van der Waals surface area contributed by atoms with Crippen LogP contribution in [0.1, 0.15) is 20.8 Å². The fourth-order valence-electron chi connectivity index (χ4n) is 0.192. The Morgan fingerprint density at radius 1 is 1.30 bits per heavy atom. The highest BCUT2D eigenvalue weighted by Crippen LogP contribution is 1.80. The average Bonchev–Trinajstić information content (AvgIpc) is 1.93. The SMILES string of the molecule is C=N/N=C(/C)N(C)C.CC. The molecule has 0 heterocycles. The van der Waals surface area contributed by atoms with Gasteiger partial charge in [-0.1, -0.05) is 13.8 Å². The van der Waals surface area contributed by atoms with Gasteiger partial charge < -0.3 is 4.90 Å². The molecule has 0 unspecified atom stereocenters. The maximum Gasteiger partial charge on any atom is 0.123 e. The van der Waals surface area contributed by atoms with Gasteiger partial charge in [0.2, 0.25) is 0 Å². The summed E-state index contributed by atoms with van der Waals surface area (Å²) in [6, 6.07) is 0. The van der Waals surface area contributed by atoms with Gasteiger partial charge in [0, 0.05) is 20.8 Å². The Balaban J connectivity index is 0. The number of rotatable bonds is 1. The van der Waals surface area contributed by atoms with Crippen molar-refractivity contribution in [2.24, 2.45) is 10.2 Å². The van der Waals surface area contributed by atoms with Crippen LogP contribution in [0.2, 0.25) is 0 Å². The molecule has 0 aromatic heterocycles. The number of hydrogen-bond donors (Lipinski definition) is 0. The van der Waals surface area contributed by atoms with Crippen molar-refractivity contribution in [2.45, 2.75) is 20.8 Å². The quantitative estimate of drug-likeness (QED) is 0.311. The fourth-order valence-corrected chi connectivity index (χ4v) is 0.192. The van der Waals surface area contributed by atoms with Crippen LogP contribution in [-0.4, -0.2) is 31.5 Å². The standard InChI is InChI=1S/C5H11N3.C2H6/c1-5(7-6-2)8(3)4;1-2/h2H2,1,3-4H3;1-2H3/b7-5-;. The van der Waals surface area contributed by atoms with Crippen molar-refractivity contribution >= 4 is 12.6 Å². The van der Waals surface area contributed by atoms with Crippen molar-refractivity contribution in [3.63, 3.8) is 0 Å². The van der Waals surface area contributed by atoms with Gasteiger partial charge in [-0.05, 0) is 6.92 Å². The van der Waals surface area contributed by atoms with Crippen LogP contribution in [0.5, 0.6) is 0 Å². The van der Waals surface area contributed by atoms with E-state index in [0.717, 1.165) is 5.84 Å². The normalized spacial score (nSPS) is 9.50. The summed E-state index contributed by atoms with van der Waals surface area (Å²) in [6.45, 7) is 9.09. The maximum atomic E-state index is 3.68. The zero-order valence-electron chi connectivity index (χ0n) is 7.55. The molecule has 0 aliphatic carbocycles. The first kappa shape index (κ1) is 11.9. The second-order valence-electron chi connectivity index (χ2n) is 1.68. The Hall–Kier alpha value is -0.860. The third-order valence-electron chi connectivity index (χ3n) is 0.863. The Bertz CT molecular complexity index is 105. The third kappa shape index (κ3) is 7.14. The molecular weight excluding hydrogens is 126 g/mol. The molecule has 0 atom stereocenters. The molecule has 0 amide bonds. The van der Waals surface area contributed by atoms with Crippen LogP contribution in [0.4, 0.5) is 0 Å². The van der Waals surface area contributed by atoms with E-state index in [1.807, 2.05) is 39.8 Å². The van der Waals surface area contributed by atoms with Crippen LogP contribution in [0.3, 0.4) is 0 Å². The molecule has 3 nitrogen and oxygen atoms in total. The average molecular weight is 143 g/mol. The topological polar surface area (TPSA) is 28.0 Å². The predicted octanol–water partition coefficient (Wildman–Crippen LogP) is 1.61. The van der Waals surface area contributed by atoms with Crippen molar-refractivity contribution in [3.8, 4) is 0 Å². The number of hydrogen-bond acceptors (Lipinski definition) is 2. The highest BCUT2D eigenvalue weighted by atomic mass is 15.3. The van der Waals surface area contributed by atoms with Crippen molar-refractivity contribution in [2.75, 3.05) is 14.1 Å². The molecule has 10 heavy (non-hydrogen) atoms. The number of nitrogens with zero attached hydrogens (tertiary/aromatic N) is 3. The molecule has 0 saturated heterocycles. The van der Waals surface area contributed by atoms with Crippen molar-refractivity contribution in [1.29, 1.82) is 0 Å². The summed E-state index contributed by atoms with van der Waals surface area (Å²) in [7, 11) is 3.81. The molecule has 0 aliphatic heterocycles. The molecule has 0 fully saturated rings. The molecule has 0 saturated carbocycles. The van der Waals surface area contributed by atoms with E-state index >= 15 is 0 Å². The van der Waals surface area contributed by atoms with Crippen molar-refractivity contribution < 1.29 is 0 Å². The van der Waals surface area contributed by atoms with Gasteiger partial charge >= 0.3 is 0 Å². The molecule has 60 valence electrons.